The lowest BCUT2D eigenvalue weighted by Crippen LogP contribution is -2.44. The van der Waals surface area contributed by atoms with Gasteiger partial charge in [-0.05, 0) is 41.7 Å². The summed E-state index contributed by atoms with van der Waals surface area (Å²) in [7, 11) is 0. The van der Waals surface area contributed by atoms with Crippen molar-refractivity contribution in [3.63, 3.8) is 0 Å². The molecule has 3 aromatic rings. The van der Waals surface area contributed by atoms with Crippen molar-refractivity contribution in [1.82, 2.24) is 4.90 Å². The molecule has 0 saturated carbocycles. The predicted octanol–water partition coefficient (Wildman–Crippen LogP) is 5.33. The third-order valence-corrected chi connectivity index (χ3v) is 5.95. The number of carbonyl (C=O) groups is 3. The molecule has 180 valence electrons. The molecule has 0 spiro atoms. The number of benzene rings is 3. The molecule has 0 saturated heterocycles. The molecule has 4 rings (SSSR count). The van der Waals surface area contributed by atoms with Crippen LogP contribution in [0.1, 0.15) is 53.5 Å². The van der Waals surface area contributed by atoms with Gasteiger partial charge in [-0.15, -0.1) is 0 Å². The van der Waals surface area contributed by atoms with Gasteiger partial charge in [-0.2, -0.15) is 0 Å². The Bertz CT molecular complexity index is 1200. The summed E-state index contributed by atoms with van der Waals surface area (Å²) < 4.78 is 6.11. The summed E-state index contributed by atoms with van der Waals surface area (Å²) in [4.78, 5) is 42.0. The summed E-state index contributed by atoms with van der Waals surface area (Å²) in [6.07, 6.45) is 0.730. The van der Waals surface area contributed by atoms with Gasteiger partial charge in [-0.1, -0.05) is 75.4 Å². The Morgan fingerprint density at radius 1 is 0.829 bits per heavy atom. The molecule has 0 aromatic heterocycles. The second-order valence-corrected chi connectivity index (χ2v) is 9.84. The van der Waals surface area contributed by atoms with E-state index in [4.69, 9.17) is 4.74 Å². The van der Waals surface area contributed by atoms with Crippen molar-refractivity contribution < 1.29 is 19.1 Å². The van der Waals surface area contributed by atoms with E-state index in [-0.39, 0.29) is 17.9 Å². The molecule has 0 aliphatic carbocycles. The zero-order valence-corrected chi connectivity index (χ0v) is 20.4. The lowest BCUT2D eigenvalue weighted by atomic mass is 9.92. The SMILES string of the molecule is CC(C)(C)CCN(C(=O)CN1C(=O)c2ccccc2C1=O)c1ccccc1OCc1ccccc1. The van der Waals surface area contributed by atoms with Crippen LogP contribution in [0, 0.1) is 5.41 Å². The highest BCUT2D eigenvalue weighted by Crippen LogP contribution is 2.31. The normalized spacial score (nSPS) is 13.1. The number of carbonyl (C=O) groups excluding carboxylic acids is 3. The standard InChI is InChI=1S/C29H30N2O4/c1-29(2,3)17-18-30(24-15-9-10-16-25(24)35-20-21-11-5-4-6-12-21)26(32)19-31-27(33)22-13-7-8-14-23(22)28(31)34/h4-16H,17-20H2,1-3H3. The van der Waals surface area contributed by atoms with E-state index in [0.717, 1.165) is 16.9 Å². The van der Waals surface area contributed by atoms with E-state index >= 15 is 0 Å². The Kier molecular flexibility index (Phi) is 7.01. The van der Waals surface area contributed by atoms with Crippen LogP contribution in [0.3, 0.4) is 0 Å². The summed E-state index contributed by atoms with van der Waals surface area (Å²) in [5.74, 6) is -0.646. The summed E-state index contributed by atoms with van der Waals surface area (Å²) in [5.41, 5.74) is 2.28. The number of imide groups is 1. The maximum absolute atomic E-state index is 13.6. The van der Waals surface area contributed by atoms with Crippen molar-refractivity contribution in [3.8, 4) is 5.75 Å². The third-order valence-electron chi connectivity index (χ3n) is 5.95. The van der Waals surface area contributed by atoms with Crippen LogP contribution in [-0.4, -0.2) is 35.7 Å². The number of ether oxygens (including phenoxy) is 1. The molecular formula is C29H30N2O4. The Hall–Kier alpha value is -3.93. The van der Waals surface area contributed by atoms with Gasteiger partial charge in [0.05, 0.1) is 16.8 Å². The van der Waals surface area contributed by atoms with Crippen molar-refractivity contribution >= 4 is 23.4 Å². The number of amides is 3. The smallest absolute Gasteiger partial charge is 0.262 e. The number of rotatable bonds is 8. The van der Waals surface area contributed by atoms with Crippen LogP contribution in [-0.2, 0) is 11.4 Å². The van der Waals surface area contributed by atoms with Crippen LogP contribution >= 0.6 is 0 Å². The average molecular weight is 471 g/mol. The summed E-state index contributed by atoms with van der Waals surface area (Å²) in [5, 5.41) is 0. The van der Waals surface area contributed by atoms with Gasteiger partial charge >= 0.3 is 0 Å². The largest absolute Gasteiger partial charge is 0.487 e. The van der Waals surface area contributed by atoms with E-state index < -0.39 is 11.8 Å². The molecule has 1 aliphatic rings. The molecule has 1 heterocycles. The number of anilines is 1. The first kappa shape index (κ1) is 24.2. The Labute approximate surface area is 206 Å². The maximum atomic E-state index is 13.6. The fourth-order valence-corrected chi connectivity index (χ4v) is 3.97. The quantitative estimate of drug-likeness (QED) is 0.417. The number of hydrogen-bond acceptors (Lipinski definition) is 4. The minimum absolute atomic E-state index is 0.0200. The van der Waals surface area contributed by atoms with Gasteiger partial charge < -0.3 is 9.64 Å². The van der Waals surface area contributed by atoms with Crippen LogP contribution in [0.2, 0.25) is 0 Å². The fraction of sp³-hybridized carbons (Fsp3) is 0.276. The number of hydrogen-bond donors (Lipinski definition) is 0. The molecule has 0 bridgehead atoms. The highest BCUT2D eigenvalue weighted by Gasteiger charge is 2.37. The van der Waals surface area contributed by atoms with Crippen LogP contribution in [0.25, 0.3) is 0 Å². The van der Waals surface area contributed by atoms with Gasteiger partial charge in [0.15, 0.2) is 0 Å². The minimum Gasteiger partial charge on any atom is -0.487 e. The minimum atomic E-state index is -0.441. The first-order chi connectivity index (χ1) is 16.7. The molecule has 0 N–H and O–H groups in total. The van der Waals surface area contributed by atoms with Crippen LogP contribution in [0.15, 0.2) is 78.9 Å². The highest BCUT2D eigenvalue weighted by molar-refractivity contribution is 6.22. The monoisotopic (exact) mass is 470 g/mol. The molecular weight excluding hydrogens is 440 g/mol. The van der Waals surface area contributed by atoms with Crippen molar-refractivity contribution in [2.75, 3.05) is 18.0 Å². The van der Waals surface area contributed by atoms with Crippen molar-refractivity contribution in [3.05, 3.63) is 95.6 Å². The zero-order chi connectivity index (χ0) is 25.0. The van der Waals surface area contributed by atoms with Crippen molar-refractivity contribution in [2.45, 2.75) is 33.8 Å². The summed E-state index contributed by atoms with van der Waals surface area (Å²) >= 11 is 0. The maximum Gasteiger partial charge on any atom is 0.262 e. The van der Waals surface area contributed by atoms with Crippen LogP contribution in [0.4, 0.5) is 5.69 Å². The second-order valence-electron chi connectivity index (χ2n) is 9.84. The Morgan fingerprint density at radius 2 is 1.40 bits per heavy atom. The molecule has 0 atom stereocenters. The average Bonchev–Trinajstić information content (AvgIpc) is 3.08. The fourth-order valence-electron chi connectivity index (χ4n) is 3.97. The van der Waals surface area contributed by atoms with Gasteiger partial charge in [0, 0.05) is 6.54 Å². The highest BCUT2D eigenvalue weighted by atomic mass is 16.5. The lowest BCUT2D eigenvalue weighted by molar-refractivity contribution is -0.119. The van der Waals surface area contributed by atoms with E-state index in [1.807, 2.05) is 54.6 Å². The van der Waals surface area contributed by atoms with Crippen LogP contribution in [0.5, 0.6) is 5.75 Å². The van der Waals surface area contributed by atoms with E-state index in [1.54, 1.807) is 29.2 Å². The third kappa shape index (κ3) is 5.60. The van der Waals surface area contributed by atoms with E-state index in [0.29, 0.717) is 35.7 Å². The van der Waals surface area contributed by atoms with Crippen LogP contribution < -0.4 is 9.64 Å². The molecule has 6 nitrogen and oxygen atoms in total. The van der Waals surface area contributed by atoms with Gasteiger partial charge in [0.2, 0.25) is 5.91 Å². The molecule has 1 aliphatic heterocycles. The predicted molar refractivity (Wildman–Crippen MR) is 135 cm³/mol. The number of fused-ring (bicyclic) bond motifs is 1. The van der Waals surface area contributed by atoms with Gasteiger partial charge in [-0.3, -0.25) is 19.3 Å². The Morgan fingerprint density at radius 3 is 2.03 bits per heavy atom. The first-order valence-corrected chi connectivity index (χ1v) is 11.8. The second kappa shape index (κ2) is 10.1. The summed E-state index contributed by atoms with van der Waals surface area (Å²) in [6, 6.07) is 23.8. The number of nitrogens with zero attached hydrogens (tertiary/aromatic N) is 2. The topological polar surface area (TPSA) is 66.9 Å². The lowest BCUT2D eigenvalue weighted by Gasteiger charge is -2.29. The zero-order valence-electron chi connectivity index (χ0n) is 20.4. The van der Waals surface area contributed by atoms with Gasteiger partial charge in [0.1, 0.15) is 18.9 Å². The van der Waals surface area contributed by atoms with Crippen molar-refractivity contribution in [1.29, 1.82) is 0 Å². The van der Waals surface area contributed by atoms with E-state index in [1.165, 1.54) is 0 Å². The summed E-state index contributed by atoms with van der Waals surface area (Å²) in [6.45, 7) is 6.78. The molecule has 0 radical (unpaired) electrons. The molecule has 35 heavy (non-hydrogen) atoms. The van der Waals surface area contributed by atoms with Gasteiger partial charge in [-0.25, -0.2) is 0 Å². The number of para-hydroxylation sites is 2. The molecule has 3 aromatic carbocycles. The Balaban J connectivity index is 1.59. The first-order valence-electron chi connectivity index (χ1n) is 11.8. The van der Waals surface area contributed by atoms with E-state index in [2.05, 4.69) is 20.8 Å². The molecule has 6 heteroatoms. The van der Waals surface area contributed by atoms with Gasteiger partial charge in [0.25, 0.3) is 11.8 Å². The molecule has 3 amide bonds. The van der Waals surface area contributed by atoms with Crippen molar-refractivity contribution in [2.24, 2.45) is 5.41 Å². The molecule has 0 unspecified atom stereocenters. The molecule has 0 fully saturated rings. The van der Waals surface area contributed by atoms with E-state index in [9.17, 15) is 14.4 Å².